The normalized spacial score (nSPS) is 36.5. The molecule has 4 bridgehead atoms. The first-order valence-electron chi connectivity index (χ1n) is 19.4. The third kappa shape index (κ3) is 7.28. The van der Waals surface area contributed by atoms with E-state index in [9.17, 15) is 43.5 Å². The zero-order valence-electron chi connectivity index (χ0n) is 34.8. The Hall–Kier alpha value is -5.89. The van der Waals surface area contributed by atoms with Crippen molar-refractivity contribution in [3.8, 4) is 0 Å². The van der Waals surface area contributed by atoms with Crippen molar-refractivity contribution in [2.45, 2.75) is 122 Å². The minimum Gasteiger partial charge on any atom is -0.465 e. The number of aromatic nitrogens is 1. The van der Waals surface area contributed by atoms with E-state index in [1.165, 1.54) is 44.3 Å². The molecule has 2 aliphatic heterocycles. The second-order valence-electron chi connectivity index (χ2n) is 16.1. The number of ether oxygens (including phenoxy) is 9. The molecular weight excluding hydrogens is 810 g/mol. The van der Waals surface area contributed by atoms with Crippen LogP contribution in [0.25, 0.3) is 0 Å². The summed E-state index contributed by atoms with van der Waals surface area (Å²) in [5.41, 5.74) is -10.5. The molecule has 13 atom stereocenters. The van der Waals surface area contributed by atoms with Gasteiger partial charge in [0.05, 0.1) is 29.4 Å². The maximum absolute atomic E-state index is 14.5. The molecule has 4 heterocycles. The lowest BCUT2D eigenvalue weighted by Gasteiger charge is -2.67. The largest absolute Gasteiger partial charge is 0.465 e. The van der Waals surface area contributed by atoms with Crippen LogP contribution in [0.2, 0.25) is 0 Å². The second kappa shape index (κ2) is 16.2. The Morgan fingerprint density at radius 1 is 0.787 bits per heavy atom. The molecule has 0 radical (unpaired) electrons. The van der Waals surface area contributed by atoms with Gasteiger partial charge in [0.25, 0.3) is 0 Å². The highest BCUT2D eigenvalue weighted by Gasteiger charge is 2.92. The topological polar surface area (TPSA) is 266 Å². The van der Waals surface area contributed by atoms with Crippen LogP contribution in [-0.4, -0.2) is 124 Å². The summed E-state index contributed by atoms with van der Waals surface area (Å²) < 4.78 is 60.3. The lowest BCUT2D eigenvalue weighted by molar-refractivity contribution is -0.386. The lowest BCUT2D eigenvalue weighted by atomic mass is 9.45. The number of carbonyl (C=O) groups excluding carboxylic acids is 8. The van der Waals surface area contributed by atoms with Crippen LogP contribution in [0.4, 0.5) is 0 Å². The summed E-state index contributed by atoms with van der Waals surface area (Å²) in [6.07, 6.45) is -9.78. The number of aliphatic hydroxyl groups is 1. The summed E-state index contributed by atoms with van der Waals surface area (Å²) in [7, 11) is 0. The highest BCUT2D eigenvalue weighted by atomic mass is 16.7. The van der Waals surface area contributed by atoms with Crippen molar-refractivity contribution in [3.05, 3.63) is 53.7 Å². The standard InChI is InChI=1S/C41H47NO19/c1-18-19(2)35(48)60-32-30(56-22(5)45)34(58-24(7)47)40(17-53-20(3)43)33(57-23(6)46)29(55-21(4)44)27-31(59-37(50)26-13-11-15-52-26)41(40,39(32,9)51)61-38(27,8)16-54-36(49)25-12-10-14-42-28(18)25/h10-15,18-19,27,29-34,51H,16-17H2,1-9H3/t18-,19-,27+,29+,30-,31+,32-,33+,34-,38-,39-,40+,41-/m0/s1. The quantitative estimate of drug-likeness (QED) is 0.293. The van der Waals surface area contributed by atoms with Crippen molar-refractivity contribution >= 4 is 47.8 Å². The third-order valence-electron chi connectivity index (χ3n) is 12.1. The van der Waals surface area contributed by atoms with E-state index < -0.39 is 138 Å². The molecule has 2 saturated carbocycles. The summed E-state index contributed by atoms with van der Waals surface area (Å²) in [6.45, 7) is 8.48. The van der Waals surface area contributed by atoms with E-state index in [0.717, 1.165) is 47.8 Å². The van der Waals surface area contributed by atoms with Crippen molar-refractivity contribution < 1.29 is 90.5 Å². The summed E-state index contributed by atoms with van der Waals surface area (Å²) in [5, 5.41) is 13.6. The second-order valence-corrected chi connectivity index (χ2v) is 16.1. The van der Waals surface area contributed by atoms with Gasteiger partial charge in [-0.1, -0.05) is 13.8 Å². The minimum atomic E-state index is -2.89. The van der Waals surface area contributed by atoms with E-state index in [2.05, 4.69) is 4.98 Å². The molecule has 2 aromatic rings. The van der Waals surface area contributed by atoms with Crippen LogP contribution < -0.4 is 0 Å². The van der Waals surface area contributed by atoms with Gasteiger partial charge in [0.15, 0.2) is 30.0 Å². The number of hydrogen-bond donors (Lipinski definition) is 1. The number of cyclic esters (lactones) is 1. The predicted molar refractivity (Wildman–Crippen MR) is 198 cm³/mol. The molecule has 330 valence electrons. The van der Waals surface area contributed by atoms with Gasteiger partial charge in [0.2, 0.25) is 5.76 Å². The number of rotatable bonds is 8. The van der Waals surface area contributed by atoms with Crippen LogP contribution in [0.5, 0.6) is 0 Å². The van der Waals surface area contributed by atoms with Gasteiger partial charge in [-0.05, 0) is 38.1 Å². The van der Waals surface area contributed by atoms with Gasteiger partial charge in [-0.15, -0.1) is 0 Å². The van der Waals surface area contributed by atoms with Crippen molar-refractivity contribution in [1.82, 2.24) is 4.98 Å². The molecule has 20 heteroatoms. The van der Waals surface area contributed by atoms with E-state index >= 15 is 0 Å². The SMILES string of the molecule is CC(=O)OC[C@]12[C@H](OC(C)=O)[C@H](OC(C)=O)[C@@H]3[C@@H](OC(=O)c4ccco4)[C@@]14O[C@@]3(C)COC(=O)c1cccnc1[C@@H](C)[C@H](C)C(=O)O[C@@H]([C@H](OC(C)=O)[C@@H]2OC(C)=O)[C@]4(C)O. The van der Waals surface area contributed by atoms with Gasteiger partial charge in [0.1, 0.15) is 42.0 Å². The first-order valence-corrected chi connectivity index (χ1v) is 19.4. The third-order valence-corrected chi connectivity index (χ3v) is 12.1. The Morgan fingerprint density at radius 3 is 1.97 bits per heavy atom. The van der Waals surface area contributed by atoms with Crippen LogP contribution >= 0.6 is 0 Å². The fraction of sp³-hybridized carbons (Fsp3) is 0.585. The Morgan fingerprint density at radius 2 is 1.39 bits per heavy atom. The summed E-state index contributed by atoms with van der Waals surface area (Å²) in [6, 6.07) is 5.50. The molecule has 61 heavy (non-hydrogen) atoms. The Bertz CT molecular complexity index is 2120. The highest BCUT2D eigenvalue weighted by molar-refractivity contribution is 5.91. The number of furan rings is 1. The van der Waals surface area contributed by atoms with Crippen molar-refractivity contribution in [3.63, 3.8) is 0 Å². The van der Waals surface area contributed by atoms with E-state index in [4.69, 9.17) is 47.0 Å². The van der Waals surface area contributed by atoms with Gasteiger partial charge in [0, 0.05) is 46.7 Å². The van der Waals surface area contributed by atoms with Gasteiger partial charge in [-0.3, -0.25) is 33.8 Å². The van der Waals surface area contributed by atoms with E-state index in [0.29, 0.717) is 0 Å². The summed E-state index contributed by atoms with van der Waals surface area (Å²) in [4.78, 5) is 113. The molecule has 1 saturated heterocycles. The molecule has 3 fully saturated rings. The van der Waals surface area contributed by atoms with Crippen LogP contribution in [0.1, 0.15) is 94.8 Å². The number of carbonyl (C=O) groups is 8. The molecule has 1 spiro atoms. The van der Waals surface area contributed by atoms with Crippen molar-refractivity contribution in [2.24, 2.45) is 17.3 Å². The van der Waals surface area contributed by atoms with Crippen molar-refractivity contribution in [1.29, 1.82) is 0 Å². The monoisotopic (exact) mass is 857 g/mol. The maximum atomic E-state index is 14.5. The number of hydrogen-bond acceptors (Lipinski definition) is 20. The van der Waals surface area contributed by atoms with E-state index in [-0.39, 0.29) is 17.0 Å². The van der Waals surface area contributed by atoms with Crippen LogP contribution in [0, 0.1) is 17.3 Å². The van der Waals surface area contributed by atoms with Crippen LogP contribution in [-0.2, 0) is 71.4 Å². The average molecular weight is 858 g/mol. The fourth-order valence-electron chi connectivity index (χ4n) is 9.64. The molecule has 2 aliphatic carbocycles. The van der Waals surface area contributed by atoms with Crippen molar-refractivity contribution in [2.75, 3.05) is 13.2 Å². The molecule has 1 N–H and O–H groups in total. The molecule has 0 amide bonds. The molecule has 0 aromatic carbocycles. The molecule has 0 unspecified atom stereocenters. The van der Waals surface area contributed by atoms with Gasteiger partial charge in [-0.25, -0.2) is 9.59 Å². The number of fused-ring (bicyclic) bond motifs is 5. The first kappa shape index (κ1) is 44.7. The number of pyridine rings is 1. The number of nitrogens with zero attached hydrogens (tertiary/aromatic N) is 1. The summed E-state index contributed by atoms with van der Waals surface area (Å²) >= 11 is 0. The van der Waals surface area contributed by atoms with Gasteiger partial charge < -0.3 is 52.2 Å². The maximum Gasteiger partial charge on any atom is 0.374 e. The Balaban J connectivity index is 1.81. The zero-order chi connectivity index (χ0) is 45.0. The molecule has 20 nitrogen and oxygen atoms in total. The van der Waals surface area contributed by atoms with Gasteiger partial charge in [-0.2, -0.15) is 0 Å². The average Bonchev–Trinajstić information content (AvgIpc) is 3.79. The highest BCUT2D eigenvalue weighted by Crippen LogP contribution is 2.70. The zero-order valence-corrected chi connectivity index (χ0v) is 34.8. The fourth-order valence-corrected chi connectivity index (χ4v) is 9.64. The number of esters is 8. The Labute approximate surface area is 348 Å². The van der Waals surface area contributed by atoms with Crippen LogP contribution in [0.3, 0.4) is 0 Å². The predicted octanol–water partition coefficient (Wildman–Crippen LogP) is 1.92. The minimum absolute atomic E-state index is 0.0614. The lowest BCUT2D eigenvalue weighted by Crippen LogP contribution is -2.89. The molecule has 2 aromatic heterocycles. The van der Waals surface area contributed by atoms with Gasteiger partial charge >= 0.3 is 47.8 Å². The molecule has 6 rings (SSSR count). The molecule has 4 aliphatic rings. The summed E-state index contributed by atoms with van der Waals surface area (Å²) in [5.74, 6) is -12.5. The van der Waals surface area contributed by atoms with E-state index in [1.54, 1.807) is 6.92 Å². The van der Waals surface area contributed by atoms with Crippen LogP contribution in [0.15, 0.2) is 41.1 Å². The molecular formula is C41H47NO19. The smallest absolute Gasteiger partial charge is 0.374 e. The first-order chi connectivity index (χ1) is 28.5. The Kier molecular flexibility index (Phi) is 11.8. The van der Waals surface area contributed by atoms with E-state index in [1.807, 2.05) is 0 Å².